The number of phenolic OH excluding ortho intramolecular Hbond substituents is 2. The Bertz CT molecular complexity index is 705. The van der Waals surface area contributed by atoms with Gasteiger partial charge in [-0.2, -0.15) is 0 Å². The molecule has 3 rings (SSSR count). The Balaban J connectivity index is 1.70. The highest BCUT2D eigenvalue weighted by Gasteiger charge is 2.39. The van der Waals surface area contributed by atoms with Gasteiger partial charge in [0.2, 0.25) is 0 Å². The molecule has 1 unspecified atom stereocenters. The first-order chi connectivity index (χ1) is 13.0. The number of hydrogen-bond acceptors (Lipinski definition) is 4. The molecule has 0 aliphatic heterocycles. The maximum atomic E-state index is 11.4. The number of hydrogen-bond donors (Lipinski definition) is 3. The van der Waals surface area contributed by atoms with E-state index in [2.05, 4.69) is 11.9 Å². The van der Waals surface area contributed by atoms with E-state index in [0.29, 0.717) is 5.75 Å². The Kier molecular flexibility index (Phi) is 6.40. The number of benzene rings is 2. The lowest BCUT2D eigenvalue weighted by Crippen LogP contribution is -2.43. The van der Waals surface area contributed by atoms with Crippen molar-refractivity contribution in [3.8, 4) is 11.5 Å². The molecule has 2 aromatic rings. The normalized spacial score (nSPS) is 17.7. The molecule has 1 aliphatic rings. The molecular weight excluding hydrogens is 338 g/mol. The van der Waals surface area contributed by atoms with E-state index in [1.54, 1.807) is 24.3 Å². The van der Waals surface area contributed by atoms with Crippen molar-refractivity contribution in [3.63, 3.8) is 0 Å². The highest BCUT2D eigenvalue weighted by atomic mass is 16.3. The molecule has 1 saturated carbocycles. The lowest BCUT2D eigenvalue weighted by molar-refractivity contribution is -0.0291. The standard InChI is InChI=1S/C23H31NO3/c1-24(16-13-18-5-9-20(25)10-6-18)17-22(19-7-11-21(26)12-8-19)23(27)14-3-2-4-15-23/h5-12,22,25-27H,2-4,13-17H2,1H3. The molecule has 146 valence electrons. The number of phenols is 2. The van der Waals surface area contributed by atoms with Crippen LogP contribution in [0.15, 0.2) is 48.5 Å². The zero-order valence-corrected chi connectivity index (χ0v) is 16.1. The lowest BCUT2D eigenvalue weighted by Gasteiger charge is -2.41. The highest BCUT2D eigenvalue weighted by Crippen LogP contribution is 2.40. The maximum Gasteiger partial charge on any atom is 0.115 e. The fraction of sp³-hybridized carbons (Fsp3) is 0.478. The van der Waals surface area contributed by atoms with Crippen LogP contribution in [0.4, 0.5) is 0 Å². The smallest absolute Gasteiger partial charge is 0.115 e. The van der Waals surface area contributed by atoms with Crippen LogP contribution in [-0.2, 0) is 6.42 Å². The Morgan fingerprint density at radius 3 is 2.04 bits per heavy atom. The molecule has 0 spiro atoms. The van der Waals surface area contributed by atoms with E-state index in [4.69, 9.17) is 0 Å². The van der Waals surface area contributed by atoms with Gasteiger partial charge < -0.3 is 20.2 Å². The van der Waals surface area contributed by atoms with E-state index in [-0.39, 0.29) is 11.7 Å². The topological polar surface area (TPSA) is 63.9 Å². The van der Waals surface area contributed by atoms with Crippen molar-refractivity contribution < 1.29 is 15.3 Å². The number of aliphatic hydroxyl groups is 1. The van der Waals surface area contributed by atoms with E-state index in [1.165, 1.54) is 12.0 Å². The number of rotatable bonds is 7. The van der Waals surface area contributed by atoms with Crippen LogP contribution in [0.2, 0.25) is 0 Å². The minimum Gasteiger partial charge on any atom is -0.508 e. The van der Waals surface area contributed by atoms with Gasteiger partial charge in [0.25, 0.3) is 0 Å². The Labute approximate surface area is 162 Å². The number of nitrogens with zero attached hydrogens (tertiary/aromatic N) is 1. The quantitative estimate of drug-likeness (QED) is 0.689. The van der Waals surface area contributed by atoms with Crippen molar-refractivity contribution in [2.75, 3.05) is 20.1 Å². The number of aromatic hydroxyl groups is 2. The fourth-order valence-electron chi connectivity index (χ4n) is 4.19. The summed E-state index contributed by atoms with van der Waals surface area (Å²) in [6.07, 6.45) is 5.91. The second-order valence-electron chi connectivity index (χ2n) is 7.99. The zero-order valence-electron chi connectivity index (χ0n) is 16.1. The highest BCUT2D eigenvalue weighted by molar-refractivity contribution is 5.31. The second kappa shape index (κ2) is 8.77. The Morgan fingerprint density at radius 1 is 0.889 bits per heavy atom. The average Bonchev–Trinajstić information content (AvgIpc) is 2.67. The van der Waals surface area contributed by atoms with Crippen molar-refractivity contribution in [2.24, 2.45) is 0 Å². The van der Waals surface area contributed by atoms with Gasteiger partial charge in [-0.25, -0.2) is 0 Å². The summed E-state index contributed by atoms with van der Waals surface area (Å²) in [6.45, 7) is 1.66. The first kappa shape index (κ1) is 19.7. The minimum atomic E-state index is -0.679. The van der Waals surface area contributed by atoms with Crippen LogP contribution >= 0.6 is 0 Å². The molecule has 0 bridgehead atoms. The van der Waals surface area contributed by atoms with E-state index in [1.807, 2.05) is 24.3 Å². The SMILES string of the molecule is CN(CCc1ccc(O)cc1)CC(c1ccc(O)cc1)C1(O)CCCCC1. The predicted octanol–water partition coefficient (Wildman–Crippen LogP) is 4.05. The molecule has 1 aliphatic carbocycles. The van der Waals surface area contributed by atoms with Crippen LogP contribution in [0.5, 0.6) is 11.5 Å². The monoisotopic (exact) mass is 369 g/mol. The first-order valence-corrected chi connectivity index (χ1v) is 9.94. The van der Waals surface area contributed by atoms with Crippen LogP contribution < -0.4 is 0 Å². The van der Waals surface area contributed by atoms with E-state index in [0.717, 1.165) is 50.8 Å². The number of likely N-dealkylation sites (N-methyl/N-ethyl adjacent to an activating group) is 1. The lowest BCUT2D eigenvalue weighted by atomic mass is 9.72. The van der Waals surface area contributed by atoms with Gasteiger partial charge in [-0.15, -0.1) is 0 Å². The minimum absolute atomic E-state index is 0.0308. The van der Waals surface area contributed by atoms with Gasteiger partial charge in [-0.05, 0) is 61.7 Å². The summed E-state index contributed by atoms with van der Waals surface area (Å²) >= 11 is 0. The molecule has 0 heterocycles. The molecule has 27 heavy (non-hydrogen) atoms. The first-order valence-electron chi connectivity index (χ1n) is 9.94. The largest absolute Gasteiger partial charge is 0.508 e. The van der Waals surface area contributed by atoms with Crippen LogP contribution in [0.25, 0.3) is 0 Å². The van der Waals surface area contributed by atoms with E-state index in [9.17, 15) is 15.3 Å². The van der Waals surface area contributed by atoms with Gasteiger partial charge >= 0.3 is 0 Å². The van der Waals surface area contributed by atoms with Crippen molar-refractivity contribution in [2.45, 2.75) is 50.0 Å². The molecule has 4 nitrogen and oxygen atoms in total. The fourth-order valence-corrected chi connectivity index (χ4v) is 4.19. The molecule has 1 atom stereocenters. The molecule has 0 saturated heterocycles. The molecule has 3 N–H and O–H groups in total. The van der Waals surface area contributed by atoms with E-state index < -0.39 is 5.60 Å². The third-order valence-corrected chi connectivity index (χ3v) is 5.88. The van der Waals surface area contributed by atoms with E-state index >= 15 is 0 Å². The van der Waals surface area contributed by atoms with Crippen molar-refractivity contribution >= 4 is 0 Å². The molecule has 4 heteroatoms. The van der Waals surface area contributed by atoms with Crippen LogP contribution in [0, 0.1) is 0 Å². The molecule has 1 fully saturated rings. The predicted molar refractivity (Wildman–Crippen MR) is 108 cm³/mol. The van der Waals surface area contributed by atoms with Crippen molar-refractivity contribution in [1.82, 2.24) is 4.90 Å². The van der Waals surface area contributed by atoms with Gasteiger partial charge in [0, 0.05) is 19.0 Å². The summed E-state index contributed by atoms with van der Waals surface area (Å²) in [6, 6.07) is 14.7. The van der Waals surface area contributed by atoms with Gasteiger partial charge in [0.05, 0.1) is 5.60 Å². The van der Waals surface area contributed by atoms with Gasteiger partial charge in [0.1, 0.15) is 11.5 Å². The molecule has 0 radical (unpaired) electrons. The van der Waals surface area contributed by atoms with Crippen molar-refractivity contribution in [3.05, 3.63) is 59.7 Å². The van der Waals surface area contributed by atoms with Crippen LogP contribution in [0.1, 0.15) is 49.1 Å². The summed E-state index contributed by atoms with van der Waals surface area (Å²) in [5.41, 5.74) is 1.60. The molecule has 0 aromatic heterocycles. The molecule has 0 amide bonds. The average molecular weight is 370 g/mol. The summed E-state index contributed by atoms with van der Waals surface area (Å²) in [4.78, 5) is 2.27. The summed E-state index contributed by atoms with van der Waals surface area (Å²) < 4.78 is 0. The summed E-state index contributed by atoms with van der Waals surface area (Å²) in [5.74, 6) is 0.580. The third kappa shape index (κ3) is 5.24. The maximum absolute atomic E-state index is 11.4. The van der Waals surface area contributed by atoms with Crippen LogP contribution in [0.3, 0.4) is 0 Å². The Hall–Kier alpha value is -2.04. The van der Waals surface area contributed by atoms with Crippen molar-refractivity contribution in [1.29, 1.82) is 0 Å². The van der Waals surface area contributed by atoms with Gasteiger partial charge in [-0.1, -0.05) is 43.5 Å². The Morgan fingerprint density at radius 2 is 1.44 bits per heavy atom. The summed E-state index contributed by atoms with van der Waals surface area (Å²) in [5, 5.41) is 30.5. The van der Waals surface area contributed by atoms with Gasteiger partial charge in [-0.3, -0.25) is 0 Å². The molecular formula is C23H31NO3. The molecule has 2 aromatic carbocycles. The van der Waals surface area contributed by atoms with Gasteiger partial charge in [0.15, 0.2) is 0 Å². The third-order valence-electron chi connectivity index (χ3n) is 5.88. The van der Waals surface area contributed by atoms with Crippen LogP contribution in [-0.4, -0.2) is 46.0 Å². The zero-order chi connectivity index (χ0) is 19.3. The second-order valence-corrected chi connectivity index (χ2v) is 7.99. The summed E-state index contributed by atoms with van der Waals surface area (Å²) in [7, 11) is 2.10.